The van der Waals surface area contributed by atoms with Crippen LogP contribution in [0.5, 0.6) is 0 Å². The summed E-state index contributed by atoms with van der Waals surface area (Å²) in [5.41, 5.74) is -0.790. The van der Waals surface area contributed by atoms with Crippen LogP contribution in [0.25, 0.3) is 0 Å². The van der Waals surface area contributed by atoms with Crippen LogP contribution in [0, 0.1) is 10.1 Å². The molecule has 0 aliphatic carbocycles. The number of nitrogens with zero attached hydrogens (tertiary/aromatic N) is 5. The van der Waals surface area contributed by atoms with Crippen molar-refractivity contribution in [2.45, 2.75) is 12.8 Å². The van der Waals surface area contributed by atoms with E-state index < -0.39 is 22.6 Å². The molecule has 3 rings (SSSR count). The van der Waals surface area contributed by atoms with Gasteiger partial charge < -0.3 is 5.32 Å². The van der Waals surface area contributed by atoms with Crippen LogP contribution in [-0.4, -0.2) is 30.4 Å². The molecular formula is C15H11F3N6O3. The predicted octanol–water partition coefficient (Wildman–Crippen LogP) is 2.76. The highest BCUT2D eigenvalue weighted by molar-refractivity contribution is 6.02. The molecule has 9 nitrogen and oxygen atoms in total. The van der Waals surface area contributed by atoms with Crippen molar-refractivity contribution in [3.05, 3.63) is 70.3 Å². The number of nitrogens with one attached hydrogen (secondary N) is 1. The van der Waals surface area contributed by atoms with Gasteiger partial charge in [-0.1, -0.05) is 0 Å². The van der Waals surface area contributed by atoms with Gasteiger partial charge in [0.25, 0.3) is 5.91 Å². The molecule has 0 aliphatic rings. The maximum absolute atomic E-state index is 12.5. The molecule has 3 aromatic rings. The van der Waals surface area contributed by atoms with Crippen LogP contribution < -0.4 is 5.32 Å². The molecule has 1 aromatic carbocycles. The summed E-state index contributed by atoms with van der Waals surface area (Å²) in [6.45, 7) is 0.0431. The third kappa shape index (κ3) is 4.29. The molecule has 12 heteroatoms. The van der Waals surface area contributed by atoms with Crippen LogP contribution in [0.3, 0.4) is 0 Å². The summed E-state index contributed by atoms with van der Waals surface area (Å²) in [6, 6.07) is 5.40. The maximum Gasteiger partial charge on any atom is 0.416 e. The Kier molecular flexibility index (Phi) is 4.62. The van der Waals surface area contributed by atoms with Crippen LogP contribution >= 0.6 is 0 Å². The Morgan fingerprint density at radius 3 is 2.48 bits per heavy atom. The van der Waals surface area contributed by atoms with Crippen molar-refractivity contribution in [1.29, 1.82) is 0 Å². The lowest BCUT2D eigenvalue weighted by atomic mass is 10.2. The number of halogens is 3. The van der Waals surface area contributed by atoms with Gasteiger partial charge in [0, 0.05) is 11.9 Å². The number of carbonyl (C=O) groups is 1. The van der Waals surface area contributed by atoms with Crippen molar-refractivity contribution in [3.63, 3.8) is 0 Å². The lowest BCUT2D eigenvalue weighted by Crippen LogP contribution is -2.15. The van der Waals surface area contributed by atoms with Crippen molar-refractivity contribution >= 4 is 17.3 Å². The minimum Gasteiger partial charge on any atom is -0.321 e. The molecule has 140 valence electrons. The van der Waals surface area contributed by atoms with Gasteiger partial charge in [-0.2, -0.15) is 23.4 Å². The molecular weight excluding hydrogens is 369 g/mol. The molecule has 0 spiro atoms. The minimum atomic E-state index is -4.46. The van der Waals surface area contributed by atoms with Crippen molar-refractivity contribution in [2.24, 2.45) is 0 Å². The second-order valence-electron chi connectivity index (χ2n) is 5.41. The van der Waals surface area contributed by atoms with Gasteiger partial charge in [0.05, 0.1) is 10.5 Å². The molecule has 0 bridgehead atoms. The summed E-state index contributed by atoms with van der Waals surface area (Å²) in [6.07, 6.45) is -0.691. The summed E-state index contributed by atoms with van der Waals surface area (Å²) in [5.74, 6) is -0.611. The Bertz CT molecular complexity index is 977. The average molecular weight is 380 g/mol. The van der Waals surface area contributed by atoms with Gasteiger partial charge in [-0.15, -0.1) is 0 Å². The van der Waals surface area contributed by atoms with E-state index in [9.17, 15) is 28.1 Å². The Morgan fingerprint density at radius 1 is 1.19 bits per heavy atom. The smallest absolute Gasteiger partial charge is 0.321 e. The average Bonchev–Trinajstić information content (AvgIpc) is 3.24. The highest BCUT2D eigenvalue weighted by Crippen LogP contribution is 2.29. The molecule has 1 N–H and O–H groups in total. The molecule has 27 heavy (non-hydrogen) atoms. The Morgan fingerprint density at radius 2 is 1.89 bits per heavy atom. The van der Waals surface area contributed by atoms with Gasteiger partial charge in [-0.05, 0) is 30.3 Å². The summed E-state index contributed by atoms with van der Waals surface area (Å²) < 4.78 is 40.2. The van der Waals surface area contributed by atoms with Gasteiger partial charge >= 0.3 is 11.9 Å². The first-order chi connectivity index (χ1) is 12.7. The first-order valence-corrected chi connectivity index (χ1v) is 7.41. The highest BCUT2D eigenvalue weighted by Gasteiger charge is 2.30. The fraction of sp³-hybridized carbons (Fsp3) is 0.133. The van der Waals surface area contributed by atoms with Gasteiger partial charge in [0.2, 0.25) is 0 Å². The van der Waals surface area contributed by atoms with Crippen LogP contribution in [0.4, 0.5) is 24.5 Å². The standard InChI is InChI=1S/C15H11F3N6O3/c16-15(17,18)10-1-3-11(4-2-10)20-14(25)13-5-6-22(21-13)9-23-8-12(7-19-23)24(26)27/h1-8H,9H2,(H,20,25). The topological polar surface area (TPSA) is 108 Å². The fourth-order valence-corrected chi connectivity index (χ4v) is 2.17. The van der Waals surface area contributed by atoms with Gasteiger partial charge in [0.1, 0.15) is 19.1 Å². The summed E-state index contributed by atoms with van der Waals surface area (Å²) in [7, 11) is 0. The van der Waals surface area contributed by atoms with Crippen molar-refractivity contribution in [1.82, 2.24) is 19.6 Å². The Labute approximate surface area is 149 Å². The number of benzene rings is 1. The molecule has 0 aliphatic heterocycles. The lowest BCUT2D eigenvalue weighted by Gasteiger charge is -2.08. The van der Waals surface area contributed by atoms with Crippen LogP contribution in [0.1, 0.15) is 16.1 Å². The molecule has 0 atom stereocenters. The van der Waals surface area contributed by atoms with Gasteiger partial charge in [-0.3, -0.25) is 19.6 Å². The summed E-state index contributed by atoms with van der Waals surface area (Å²) in [5, 5.41) is 20.9. The first-order valence-electron chi connectivity index (χ1n) is 7.41. The Balaban J connectivity index is 1.65. The summed E-state index contributed by atoms with van der Waals surface area (Å²) in [4.78, 5) is 22.2. The maximum atomic E-state index is 12.5. The largest absolute Gasteiger partial charge is 0.416 e. The zero-order chi connectivity index (χ0) is 19.6. The van der Waals surface area contributed by atoms with E-state index in [0.29, 0.717) is 0 Å². The first kappa shape index (κ1) is 18.1. The second-order valence-corrected chi connectivity index (χ2v) is 5.41. The molecule has 0 saturated carbocycles. The molecule has 2 heterocycles. The molecule has 0 radical (unpaired) electrons. The van der Waals surface area contributed by atoms with E-state index in [2.05, 4.69) is 15.5 Å². The van der Waals surface area contributed by atoms with E-state index in [-0.39, 0.29) is 23.7 Å². The number of alkyl halides is 3. The number of rotatable bonds is 5. The van der Waals surface area contributed by atoms with Crippen LogP contribution in [0.15, 0.2) is 48.9 Å². The fourth-order valence-electron chi connectivity index (χ4n) is 2.17. The number of hydrogen-bond acceptors (Lipinski definition) is 5. The van der Waals surface area contributed by atoms with Crippen LogP contribution in [0.2, 0.25) is 0 Å². The third-order valence-electron chi connectivity index (χ3n) is 3.46. The quantitative estimate of drug-likeness (QED) is 0.541. The van der Waals surface area contributed by atoms with Crippen molar-refractivity contribution in [2.75, 3.05) is 5.32 Å². The van der Waals surface area contributed by atoms with E-state index in [1.807, 2.05) is 0 Å². The number of hydrogen-bond donors (Lipinski definition) is 1. The molecule has 0 saturated heterocycles. The van der Waals surface area contributed by atoms with E-state index >= 15 is 0 Å². The molecule has 0 unspecified atom stereocenters. The number of nitro groups is 1. The van der Waals surface area contributed by atoms with Gasteiger partial charge in [0.15, 0.2) is 5.69 Å². The van der Waals surface area contributed by atoms with E-state index in [1.54, 1.807) is 0 Å². The molecule has 2 aromatic heterocycles. The Hall–Kier alpha value is -3.70. The van der Waals surface area contributed by atoms with Crippen LogP contribution in [-0.2, 0) is 12.8 Å². The SMILES string of the molecule is O=C(Nc1ccc(C(F)(F)F)cc1)c1ccn(Cn2cc([N+](=O)[O-])cn2)n1. The zero-order valence-corrected chi connectivity index (χ0v) is 13.4. The monoisotopic (exact) mass is 380 g/mol. The van der Waals surface area contributed by atoms with E-state index in [4.69, 9.17) is 0 Å². The van der Waals surface area contributed by atoms with Crippen molar-refractivity contribution < 1.29 is 22.9 Å². The number of amides is 1. The predicted molar refractivity (Wildman–Crippen MR) is 85.9 cm³/mol. The van der Waals surface area contributed by atoms with E-state index in [1.165, 1.54) is 27.8 Å². The molecule has 1 amide bonds. The molecule has 0 fully saturated rings. The zero-order valence-electron chi connectivity index (χ0n) is 13.4. The summed E-state index contributed by atoms with van der Waals surface area (Å²) >= 11 is 0. The number of anilines is 1. The minimum absolute atomic E-state index is 0.0246. The lowest BCUT2D eigenvalue weighted by molar-refractivity contribution is -0.385. The highest BCUT2D eigenvalue weighted by atomic mass is 19.4. The van der Waals surface area contributed by atoms with Gasteiger partial charge in [-0.25, -0.2) is 4.68 Å². The normalized spacial score (nSPS) is 11.4. The number of aromatic nitrogens is 4. The van der Waals surface area contributed by atoms with E-state index in [0.717, 1.165) is 30.5 Å². The number of carbonyl (C=O) groups excluding carboxylic acids is 1. The van der Waals surface area contributed by atoms with Crippen molar-refractivity contribution in [3.8, 4) is 0 Å². The third-order valence-corrected chi connectivity index (χ3v) is 3.46. The second kappa shape index (κ2) is 6.90.